The van der Waals surface area contributed by atoms with Gasteiger partial charge in [-0.25, -0.2) is 0 Å². The number of rotatable bonds is 5. The average Bonchev–Trinajstić information content (AvgIpc) is 2.28. The van der Waals surface area contributed by atoms with Crippen LogP contribution in [0.15, 0.2) is 12.4 Å². The first-order valence-electron chi connectivity index (χ1n) is 5.31. The highest BCUT2D eigenvalue weighted by Crippen LogP contribution is 2.38. The zero-order valence-corrected chi connectivity index (χ0v) is 10.4. The monoisotopic (exact) mass is 239 g/mol. The van der Waals surface area contributed by atoms with E-state index in [-0.39, 0.29) is 5.92 Å². The number of ether oxygens (including phenoxy) is 2. The second kappa shape index (κ2) is 5.52. The van der Waals surface area contributed by atoms with E-state index in [9.17, 15) is 9.90 Å². The van der Waals surface area contributed by atoms with E-state index in [4.69, 9.17) is 9.47 Å². The van der Waals surface area contributed by atoms with Crippen molar-refractivity contribution in [1.29, 1.82) is 0 Å². The smallest absolute Gasteiger partial charge is 0.311 e. The summed E-state index contributed by atoms with van der Waals surface area (Å²) in [6.45, 7) is 3.69. The van der Waals surface area contributed by atoms with Gasteiger partial charge in [-0.2, -0.15) is 0 Å². The molecule has 1 heterocycles. The Kier molecular flexibility index (Phi) is 4.31. The van der Waals surface area contributed by atoms with Gasteiger partial charge in [0, 0.05) is 0 Å². The van der Waals surface area contributed by atoms with Crippen LogP contribution in [0.5, 0.6) is 11.5 Å². The molecule has 5 nitrogen and oxygen atoms in total. The zero-order chi connectivity index (χ0) is 13.0. The fourth-order valence-corrected chi connectivity index (χ4v) is 1.81. The van der Waals surface area contributed by atoms with E-state index in [1.807, 2.05) is 13.8 Å². The van der Waals surface area contributed by atoms with Gasteiger partial charge in [0.1, 0.15) is 11.5 Å². The number of hydrogen-bond donors (Lipinski definition) is 1. The number of carboxylic acids is 1. The molecule has 0 bridgehead atoms. The maximum absolute atomic E-state index is 11.3. The molecule has 0 aliphatic heterocycles. The van der Waals surface area contributed by atoms with Crippen molar-refractivity contribution in [2.24, 2.45) is 5.92 Å². The van der Waals surface area contributed by atoms with Gasteiger partial charge in [-0.05, 0) is 5.92 Å². The molecule has 0 amide bonds. The van der Waals surface area contributed by atoms with Crippen molar-refractivity contribution in [3.8, 4) is 11.5 Å². The van der Waals surface area contributed by atoms with Crippen LogP contribution in [0.4, 0.5) is 0 Å². The maximum atomic E-state index is 11.3. The highest BCUT2D eigenvalue weighted by atomic mass is 16.5. The fourth-order valence-electron chi connectivity index (χ4n) is 1.81. The van der Waals surface area contributed by atoms with Crippen molar-refractivity contribution in [2.45, 2.75) is 19.8 Å². The summed E-state index contributed by atoms with van der Waals surface area (Å²) in [6, 6.07) is 0. The number of carbonyl (C=O) groups is 1. The topological polar surface area (TPSA) is 68.7 Å². The molecule has 1 aromatic rings. The number of hydrogen-bond acceptors (Lipinski definition) is 4. The molecule has 0 saturated heterocycles. The Hall–Kier alpha value is -1.78. The SMILES string of the molecule is COc1cncc(OC)c1C(C(=O)O)C(C)C. The summed E-state index contributed by atoms with van der Waals surface area (Å²) in [6.07, 6.45) is 2.99. The van der Waals surface area contributed by atoms with Crippen LogP contribution in [0.3, 0.4) is 0 Å². The molecule has 5 heteroatoms. The van der Waals surface area contributed by atoms with E-state index in [0.717, 1.165) is 0 Å². The molecular weight excluding hydrogens is 222 g/mol. The number of nitrogens with zero attached hydrogens (tertiary/aromatic N) is 1. The Labute approximate surface area is 100 Å². The molecule has 0 aliphatic carbocycles. The van der Waals surface area contributed by atoms with E-state index in [2.05, 4.69) is 4.98 Å². The molecule has 1 unspecified atom stereocenters. The van der Waals surface area contributed by atoms with Crippen LogP contribution in [0.25, 0.3) is 0 Å². The van der Waals surface area contributed by atoms with Gasteiger partial charge >= 0.3 is 5.97 Å². The third kappa shape index (κ3) is 2.67. The largest absolute Gasteiger partial charge is 0.495 e. The summed E-state index contributed by atoms with van der Waals surface area (Å²) in [7, 11) is 2.97. The average molecular weight is 239 g/mol. The maximum Gasteiger partial charge on any atom is 0.311 e. The predicted octanol–water partition coefficient (Wildman–Crippen LogP) is 1.92. The highest BCUT2D eigenvalue weighted by molar-refractivity contribution is 5.78. The first-order valence-corrected chi connectivity index (χ1v) is 5.31. The fraction of sp³-hybridized carbons (Fsp3) is 0.500. The Morgan fingerprint density at radius 2 is 1.71 bits per heavy atom. The molecule has 0 aromatic carbocycles. The molecule has 1 rings (SSSR count). The van der Waals surface area contributed by atoms with Crippen molar-refractivity contribution in [3.63, 3.8) is 0 Å². The minimum Gasteiger partial charge on any atom is -0.495 e. The molecule has 1 atom stereocenters. The summed E-state index contributed by atoms with van der Waals surface area (Å²) < 4.78 is 10.3. The van der Waals surface area contributed by atoms with Crippen LogP contribution in [-0.4, -0.2) is 30.3 Å². The molecule has 1 aromatic heterocycles. The lowest BCUT2D eigenvalue weighted by Gasteiger charge is -2.21. The number of aromatic nitrogens is 1. The Bertz CT molecular complexity index is 381. The molecule has 0 radical (unpaired) electrons. The molecule has 94 valence electrons. The number of pyridine rings is 1. The van der Waals surface area contributed by atoms with Gasteiger partial charge in [0.15, 0.2) is 0 Å². The summed E-state index contributed by atoms with van der Waals surface area (Å²) in [5.74, 6) is -0.778. The molecule has 1 N–H and O–H groups in total. The molecule has 0 spiro atoms. The normalized spacial score (nSPS) is 12.3. The number of aliphatic carboxylic acids is 1. The number of methoxy groups -OCH3 is 2. The second-order valence-corrected chi connectivity index (χ2v) is 4.02. The quantitative estimate of drug-likeness (QED) is 0.850. The molecule has 0 saturated carbocycles. The van der Waals surface area contributed by atoms with Crippen molar-refractivity contribution < 1.29 is 19.4 Å². The van der Waals surface area contributed by atoms with Crippen LogP contribution in [0, 0.1) is 5.92 Å². The Morgan fingerprint density at radius 3 is 2.00 bits per heavy atom. The van der Waals surface area contributed by atoms with Crippen molar-refractivity contribution >= 4 is 5.97 Å². The van der Waals surface area contributed by atoms with E-state index < -0.39 is 11.9 Å². The van der Waals surface area contributed by atoms with Crippen molar-refractivity contribution in [1.82, 2.24) is 4.98 Å². The highest BCUT2D eigenvalue weighted by Gasteiger charge is 2.30. The van der Waals surface area contributed by atoms with E-state index in [0.29, 0.717) is 17.1 Å². The molecular formula is C12H17NO4. The zero-order valence-electron chi connectivity index (χ0n) is 10.4. The summed E-state index contributed by atoms with van der Waals surface area (Å²) in [5, 5.41) is 9.31. The van der Waals surface area contributed by atoms with Gasteiger partial charge in [-0.3, -0.25) is 9.78 Å². The Morgan fingerprint density at radius 1 is 1.24 bits per heavy atom. The van der Waals surface area contributed by atoms with Crippen molar-refractivity contribution in [3.05, 3.63) is 18.0 Å². The van der Waals surface area contributed by atoms with Crippen LogP contribution < -0.4 is 9.47 Å². The minimum absolute atomic E-state index is 0.0716. The van der Waals surface area contributed by atoms with Gasteiger partial charge in [0.05, 0.1) is 38.1 Å². The summed E-state index contributed by atoms with van der Waals surface area (Å²) in [4.78, 5) is 15.3. The predicted molar refractivity (Wildman–Crippen MR) is 62.6 cm³/mol. The first kappa shape index (κ1) is 13.3. The third-order valence-corrected chi connectivity index (χ3v) is 2.60. The molecule has 17 heavy (non-hydrogen) atoms. The van der Waals surface area contributed by atoms with E-state index in [1.165, 1.54) is 26.6 Å². The first-order chi connectivity index (χ1) is 8.02. The van der Waals surface area contributed by atoms with E-state index >= 15 is 0 Å². The standard InChI is InChI=1S/C12H17NO4/c1-7(2)10(12(14)15)11-8(16-3)5-13-6-9(11)17-4/h5-7,10H,1-4H3,(H,14,15). The van der Waals surface area contributed by atoms with Gasteiger partial charge in [0.2, 0.25) is 0 Å². The summed E-state index contributed by atoms with van der Waals surface area (Å²) >= 11 is 0. The van der Waals surface area contributed by atoms with Crippen LogP contribution in [-0.2, 0) is 4.79 Å². The molecule has 0 aliphatic rings. The van der Waals surface area contributed by atoms with Gasteiger partial charge in [-0.15, -0.1) is 0 Å². The van der Waals surface area contributed by atoms with Crippen LogP contribution in [0.1, 0.15) is 25.3 Å². The van der Waals surface area contributed by atoms with E-state index in [1.54, 1.807) is 0 Å². The van der Waals surface area contributed by atoms with Crippen LogP contribution in [0.2, 0.25) is 0 Å². The van der Waals surface area contributed by atoms with Gasteiger partial charge in [0.25, 0.3) is 0 Å². The minimum atomic E-state index is -0.900. The van der Waals surface area contributed by atoms with Gasteiger partial charge < -0.3 is 14.6 Å². The van der Waals surface area contributed by atoms with Gasteiger partial charge in [-0.1, -0.05) is 13.8 Å². The van der Waals surface area contributed by atoms with Crippen molar-refractivity contribution in [2.75, 3.05) is 14.2 Å². The summed E-state index contributed by atoms with van der Waals surface area (Å²) in [5.41, 5.74) is 0.535. The Balaban J connectivity index is 3.38. The molecule has 0 fully saturated rings. The lowest BCUT2D eigenvalue weighted by Crippen LogP contribution is -2.19. The van der Waals surface area contributed by atoms with Crippen LogP contribution >= 0.6 is 0 Å². The number of carboxylic acid groups (broad SMARTS) is 1. The lowest BCUT2D eigenvalue weighted by atomic mass is 9.88. The third-order valence-electron chi connectivity index (χ3n) is 2.60. The second-order valence-electron chi connectivity index (χ2n) is 4.02. The lowest BCUT2D eigenvalue weighted by molar-refractivity contribution is -0.140.